The molecule has 4 aliphatic rings. The number of esters is 2. The quantitative estimate of drug-likeness (QED) is 0.447. The first kappa shape index (κ1) is 27.9. The first-order valence-corrected chi connectivity index (χ1v) is 14.6. The Hall–Kier alpha value is -1.14. The summed E-state index contributed by atoms with van der Waals surface area (Å²) in [4.78, 5) is 24.8. The summed E-state index contributed by atoms with van der Waals surface area (Å²) in [5.74, 6) is 2.67. The van der Waals surface area contributed by atoms with E-state index < -0.39 is 0 Å². The molecule has 0 aromatic rings. The van der Waals surface area contributed by atoms with Crippen molar-refractivity contribution >= 4 is 11.9 Å². The molecule has 36 heavy (non-hydrogen) atoms. The number of rotatable bonds is 8. The Morgan fingerprint density at radius 3 is 2.42 bits per heavy atom. The van der Waals surface area contributed by atoms with Crippen LogP contribution in [0.3, 0.4) is 0 Å². The molecule has 0 saturated heterocycles. The van der Waals surface area contributed by atoms with Crippen molar-refractivity contribution in [1.29, 1.82) is 0 Å². The maximum Gasteiger partial charge on any atom is 0.309 e. The monoisotopic (exact) mass is 505 g/mol. The molecule has 10 atom stereocenters. The fraction of sp³-hybridized carbons (Fsp3) is 0.933. The van der Waals surface area contributed by atoms with Crippen LogP contribution >= 0.6 is 0 Å². The highest BCUT2D eigenvalue weighted by Crippen LogP contribution is 2.67. The molecule has 0 aromatic carbocycles. The molecule has 4 saturated carbocycles. The second-order valence-corrected chi connectivity index (χ2v) is 13.3. The van der Waals surface area contributed by atoms with E-state index in [1.165, 1.54) is 19.8 Å². The molecule has 206 valence electrons. The van der Waals surface area contributed by atoms with Crippen molar-refractivity contribution in [1.82, 2.24) is 5.32 Å². The van der Waals surface area contributed by atoms with Crippen molar-refractivity contribution in [2.75, 3.05) is 20.3 Å². The number of nitrogens with one attached hydrogen (secondary N) is 1. The van der Waals surface area contributed by atoms with Crippen LogP contribution in [0, 0.1) is 46.3 Å². The standard InChI is InChI=1S/C30H51NO5/c1-8-35-26-17-29(5)20(15-25(26)36-19(4)32)9-10-21-22-11-12-23(28(33)34-7)30(22,6)16-24(27(21)29)31-14-13-18(2)3/h18,20-27,31H,8-17H2,1-7H3/t20-,21-,22-,23+,24+,25-,26-,27+,29-,30-/m0/s1. The van der Waals surface area contributed by atoms with Gasteiger partial charge >= 0.3 is 11.9 Å². The molecule has 1 N–H and O–H groups in total. The fourth-order valence-corrected chi connectivity index (χ4v) is 9.43. The van der Waals surface area contributed by atoms with Gasteiger partial charge in [0.05, 0.1) is 19.1 Å². The van der Waals surface area contributed by atoms with Crippen LogP contribution in [-0.2, 0) is 23.8 Å². The summed E-state index contributed by atoms with van der Waals surface area (Å²) in [6.07, 6.45) is 8.29. The number of hydrogen-bond acceptors (Lipinski definition) is 6. The Bertz CT molecular complexity index is 800. The van der Waals surface area contributed by atoms with E-state index in [2.05, 4.69) is 33.0 Å². The van der Waals surface area contributed by atoms with E-state index >= 15 is 0 Å². The van der Waals surface area contributed by atoms with E-state index in [9.17, 15) is 9.59 Å². The van der Waals surface area contributed by atoms with Gasteiger partial charge in [-0.15, -0.1) is 0 Å². The Kier molecular flexibility index (Phi) is 8.46. The minimum absolute atomic E-state index is 0.00394. The third kappa shape index (κ3) is 4.98. The van der Waals surface area contributed by atoms with Crippen LogP contribution in [0.4, 0.5) is 0 Å². The predicted octanol–water partition coefficient (Wildman–Crippen LogP) is 5.38. The molecule has 0 radical (unpaired) electrons. The van der Waals surface area contributed by atoms with Gasteiger partial charge in [-0.25, -0.2) is 0 Å². The van der Waals surface area contributed by atoms with Gasteiger partial charge < -0.3 is 19.5 Å². The average Bonchev–Trinajstić information content (AvgIpc) is 3.15. The largest absolute Gasteiger partial charge is 0.469 e. The lowest BCUT2D eigenvalue weighted by Crippen LogP contribution is -2.64. The summed E-state index contributed by atoms with van der Waals surface area (Å²) in [7, 11) is 1.55. The van der Waals surface area contributed by atoms with Gasteiger partial charge in [0, 0.05) is 19.6 Å². The summed E-state index contributed by atoms with van der Waals surface area (Å²) >= 11 is 0. The molecule has 0 amide bonds. The fourth-order valence-electron chi connectivity index (χ4n) is 9.43. The minimum Gasteiger partial charge on any atom is -0.469 e. The number of fused-ring (bicyclic) bond motifs is 5. The molecular weight excluding hydrogens is 454 g/mol. The summed E-state index contributed by atoms with van der Waals surface area (Å²) in [6.45, 7) is 14.7. The van der Waals surface area contributed by atoms with Crippen LogP contribution in [0.1, 0.15) is 92.9 Å². The van der Waals surface area contributed by atoms with Crippen LogP contribution in [-0.4, -0.2) is 50.4 Å². The molecule has 0 bridgehead atoms. The van der Waals surface area contributed by atoms with Crippen molar-refractivity contribution in [3.05, 3.63) is 0 Å². The first-order valence-electron chi connectivity index (χ1n) is 14.6. The van der Waals surface area contributed by atoms with E-state index in [1.54, 1.807) is 7.11 Å². The molecule has 0 heterocycles. The number of carbonyl (C=O) groups excluding carboxylic acids is 2. The van der Waals surface area contributed by atoms with Crippen LogP contribution in [0.15, 0.2) is 0 Å². The Morgan fingerprint density at radius 1 is 1.03 bits per heavy atom. The molecule has 0 aliphatic heterocycles. The molecule has 4 rings (SSSR count). The molecule has 0 unspecified atom stereocenters. The van der Waals surface area contributed by atoms with Crippen molar-refractivity contribution in [2.45, 2.75) is 111 Å². The zero-order chi connectivity index (χ0) is 26.3. The van der Waals surface area contributed by atoms with E-state index in [0.717, 1.165) is 45.1 Å². The average molecular weight is 506 g/mol. The van der Waals surface area contributed by atoms with Crippen LogP contribution in [0.5, 0.6) is 0 Å². The zero-order valence-electron chi connectivity index (χ0n) is 23.8. The van der Waals surface area contributed by atoms with Gasteiger partial charge in [-0.1, -0.05) is 27.7 Å². The van der Waals surface area contributed by atoms with Crippen LogP contribution in [0.25, 0.3) is 0 Å². The van der Waals surface area contributed by atoms with E-state index in [-0.39, 0.29) is 40.9 Å². The number of methoxy groups -OCH3 is 1. The molecule has 0 spiro atoms. The van der Waals surface area contributed by atoms with Gasteiger partial charge in [0.2, 0.25) is 0 Å². The highest BCUT2D eigenvalue weighted by Gasteiger charge is 2.65. The van der Waals surface area contributed by atoms with Gasteiger partial charge in [-0.3, -0.25) is 9.59 Å². The third-order valence-electron chi connectivity index (χ3n) is 10.9. The van der Waals surface area contributed by atoms with Crippen molar-refractivity contribution < 1.29 is 23.8 Å². The van der Waals surface area contributed by atoms with Crippen LogP contribution < -0.4 is 5.32 Å². The van der Waals surface area contributed by atoms with Crippen molar-refractivity contribution in [3.8, 4) is 0 Å². The summed E-state index contributed by atoms with van der Waals surface area (Å²) < 4.78 is 17.4. The maximum absolute atomic E-state index is 12.9. The highest BCUT2D eigenvalue weighted by atomic mass is 16.6. The first-order chi connectivity index (χ1) is 17.0. The van der Waals surface area contributed by atoms with Gasteiger partial charge in [-0.05, 0) is 105 Å². The topological polar surface area (TPSA) is 73.9 Å². The SMILES string of the molecule is CCO[C@H]1C[C@@]2(C)[C@@H](CC[C@@H]3[C@@H]2[C@H](NCCC(C)C)C[C@]2(C)[C@@H](C(=O)OC)CC[C@@H]32)C[C@@H]1OC(C)=O. The van der Waals surface area contributed by atoms with E-state index in [0.29, 0.717) is 42.2 Å². The Balaban J connectivity index is 1.67. The zero-order valence-corrected chi connectivity index (χ0v) is 23.8. The summed E-state index contributed by atoms with van der Waals surface area (Å²) in [5.41, 5.74) is 0.112. The molecule has 6 nitrogen and oxygen atoms in total. The number of hydrogen-bond donors (Lipinski definition) is 1. The third-order valence-corrected chi connectivity index (χ3v) is 10.9. The Morgan fingerprint density at radius 2 is 1.78 bits per heavy atom. The van der Waals surface area contributed by atoms with Gasteiger partial charge in [0.25, 0.3) is 0 Å². The summed E-state index contributed by atoms with van der Waals surface area (Å²) in [6, 6.07) is 0.376. The second-order valence-electron chi connectivity index (χ2n) is 13.3. The van der Waals surface area contributed by atoms with Crippen LogP contribution in [0.2, 0.25) is 0 Å². The molecule has 4 fully saturated rings. The molecule has 4 aliphatic carbocycles. The predicted molar refractivity (Wildman–Crippen MR) is 140 cm³/mol. The highest BCUT2D eigenvalue weighted by molar-refractivity contribution is 5.74. The lowest BCUT2D eigenvalue weighted by Gasteiger charge is -2.64. The van der Waals surface area contributed by atoms with Crippen molar-refractivity contribution in [3.63, 3.8) is 0 Å². The molecular formula is C30H51NO5. The van der Waals surface area contributed by atoms with Gasteiger partial charge in [0.15, 0.2) is 0 Å². The number of carbonyl (C=O) groups is 2. The smallest absolute Gasteiger partial charge is 0.309 e. The van der Waals surface area contributed by atoms with E-state index in [4.69, 9.17) is 14.2 Å². The Labute approximate surface area is 219 Å². The summed E-state index contributed by atoms with van der Waals surface area (Å²) in [5, 5.41) is 4.04. The normalized spacial score (nSPS) is 43.9. The molecule has 0 aromatic heterocycles. The van der Waals surface area contributed by atoms with Gasteiger partial charge in [-0.2, -0.15) is 0 Å². The lowest BCUT2D eigenvalue weighted by molar-refractivity contribution is -0.195. The van der Waals surface area contributed by atoms with Crippen molar-refractivity contribution in [2.24, 2.45) is 46.3 Å². The maximum atomic E-state index is 12.9. The molecule has 6 heteroatoms. The van der Waals surface area contributed by atoms with Gasteiger partial charge in [0.1, 0.15) is 6.10 Å². The minimum atomic E-state index is -0.205. The van der Waals surface area contributed by atoms with E-state index in [1.807, 2.05) is 6.92 Å². The number of ether oxygens (including phenoxy) is 3. The lowest BCUT2D eigenvalue weighted by atomic mass is 9.43. The second kappa shape index (κ2) is 10.9.